The second kappa shape index (κ2) is 15.8. The van der Waals surface area contributed by atoms with E-state index >= 15 is 0 Å². The van der Waals surface area contributed by atoms with E-state index in [1.54, 1.807) is 47.5 Å². The zero-order valence-corrected chi connectivity index (χ0v) is 31.0. The molecule has 284 valence electrons. The quantitative estimate of drug-likeness (QED) is 0.102. The number of nitrogen functional groups attached to an aromatic ring is 1. The molecule has 2 aliphatic heterocycles. The number of nitrogens with one attached hydrogen (secondary N) is 2. The van der Waals surface area contributed by atoms with Crippen LogP contribution in [0.5, 0.6) is 5.75 Å². The molecule has 4 N–H and O–H groups in total. The summed E-state index contributed by atoms with van der Waals surface area (Å²) in [4.78, 5) is 56.5. The van der Waals surface area contributed by atoms with Gasteiger partial charge in [0, 0.05) is 91.8 Å². The average Bonchev–Trinajstić information content (AvgIpc) is 3.62. The van der Waals surface area contributed by atoms with Crippen LogP contribution in [0.25, 0.3) is 16.4 Å². The van der Waals surface area contributed by atoms with Crippen LogP contribution >= 0.6 is 0 Å². The molecule has 1 unspecified atom stereocenters. The minimum atomic E-state index is -0.364. The highest BCUT2D eigenvalue weighted by Gasteiger charge is 2.30. The third kappa shape index (κ3) is 7.72. The Morgan fingerprint density at radius 3 is 2.65 bits per heavy atom. The van der Waals surface area contributed by atoms with Crippen LogP contribution in [0.15, 0.2) is 72.2 Å². The van der Waals surface area contributed by atoms with Gasteiger partial charge in [-0.05, 0) is 86.2 Å². The number of methoxy groups -OCH3 is 1. The zero-order chi connectivity index (χ0) is 37.9. The summed E-state index contributed by atoms with van der Waals surface area (Å²) in [6.45, 7) is 4.93. The maximum atomic E-state index is 13.4. The van der Waals surface area contributed by atoms with E-state index < -0.39 is 0 Å². The number of rotatable bonds is 10. The molecular formula is C41H46N10O4. The minimum absolute atomic E-state index is 0.208. The van der Waals surface area contributed by atoms with Crippen LogP contribution in [0.4, 0.5) is 17.2 Å². The van der Waals surface area contributed by atoms with Gasteiger partial charge in [0.05, 0.1) is 24.8 Å². The molecule has 55 heavy (non-hydrogen) atoms. The number of hydrogen-bond donors (Lipinski definition) is 3. The van der Waals surface area contributed by atoms with Gasteiger partial charge in [-0.25, -0.2) is 4.98 Å². The molecule has 0 spiro atoms. The molecule has 3 amide bonds. The number of fused-ring (bicyclic) bond motifs is 2. The molecule has 3 aliphatic rings. The Labute approximate surface area is 319 Å². The van der Waals surface area contributed by atoms with Gasteiger partial charge >= 0.3 is 0 Å². The van der Waals surface area contributed by atoms with Crippen molar-refractivity contribution in [3.05, 3.63) is 83.9 Å². The number of aromatic nitrogens is 4. The molecule has 3 fully saturated rings. The SMILES string of the molecule is COc1cc(N)c(C=NC2CCC(CCN3CCN(c4cccc5c(C6CCC(=O)NC6=O)cncc45)CC3)CC2)cc1C(=O)Nc1cnc2cccnn12. The first-order valence-electron chi connectivity index (χ1n) is 19.1. The maximum Gasteiger partial charge on any atom is 0.260 e. The number of nitrogens with zero attached hydrogens (tertiary/aromatic N) is 7. The van der Waals surface area contributed by atoms with Crippen molar-refractivity contribution in [3.63, 3.8) is 0 Å². The fraction of sp³-hybridized carbons (Fsp3) is 0.390. The van der Waals surface area contributed by atoms with E-state index in [0.29, 0.717) is 52.8 Å². The first kappa shape index (κ1) is 36.1. The van der Waals surface area contributed by atoms with Gasteiger partial charge in [0.25, 0.3) is 5.91 Å². The molecule has 1 saturated carbocycles. The summed E-state index contributed by atoms with van der Waals surface area (Å²) in [6, 6.07) is 13.5. The lowest BCUT2D eigenvalue weighted by Crippen LogP contribution is -2.47. The number of pyridine rings is 1. The van der Waals surface area contributed by atoms with Gasteiger partial charge < -0.3 is 20.7 Å². The van der Waals surface area contributed by atoms with Crippen LogP contribution in [-0.2, 0) is 9.59 Å². The number of carbonyl (C=O) groups excluding carboxylic acids is 3. The molecule has 14 nitrogen and oxygen atoms in total. The van der Waals surface area contributed by atoms with Gasteiger partial charge in [0.2, 0.25) is 11.8 Å². The fourth-order valence-corrected chi connectivity index (χ4v) is 8.26. The third-order valence-corrected chi connectivity index (χ3v) is 11.4. The Kier molecular flexibility index (Phi) is 10.4. The summed E-state index contributed by atoms with van der Waals surface area (Å²) >= 11 is 0. The van der Waals surface area contributed by atoms with E-state index in [9.17, 15) is 14.4 Å². The number of ether oxygens (including phenoxy) is 1. The van der Waals surface area contributed by atoms with E-state index in [-0.39, 0.29) is 29.7 Å². The molecule has 1 aliphatic carbocycles. The van der Waals surface area contributed by atoms with E-state index in [1.807, 2.05) is 12.3 Å². The number of imide groups is 1. The van der Waals surface area contributed by atoms with Gasteiger partial charge in [-0.2, -0.15) is 9.61 Å². The summed E-state index contributed by atoms with van der Waals surface area (Å²) in [5.74, 6) is 0.347. The summed E-state index contributed by atoms with van der Waals surface area (Å²) in [5, 5.41) is 11.7. The van der Waals surface area contributed by atoms with Crippen LogP contribution in [-0.4, -0.2) is 94.3 Å². The number of benzene rings is 2. The molecule has 0 radical (unpaired) electrons. The number of piperazine rings is 1. The van der Waals surface area contributed by atoms with E-state index in [0.717, 1.165) is 80.4 Å². The molecule has 5 aromatic rings. The van der Waals surface area contributed by atoms with Crippen molar-refractivity contribution in [1.29, 1.82) is 0 Å². The molecule has 0 bridgehead atoms. The molecular weight excluding hydrogens is 697 g/mol. The van der Waals surface area contributed by atoms with E-state index in [1.165, 1.54) is 13.5 Å². The lowest BCUT2D eigenvalue weighted by Gasteiger charge is -2.37. The van der Waals surface area contributed by atoms with Crippen LogP contribution in [0.2, 0.25) is 0 Å². The van der Waals surface area contributed by atoms with Crippen LogP contribution < -0.4 is 26.0 Å². The molecule has 5 heterocycles. The summed E-state index contributed by atoms with van der Waals surface area (Å²) in [7, 11) is 1.51. The van der Waals surface area contributed by atoms with Crippen LogP contribution in [0.1, 0.15) is 72.3 Å². The third-order valence-electron chi connectivity index (χ3n) is 11.4. The monoisotopic (exact) mass is 742 g/mol. The number of anilines is 3. The number of carbonyl (C=O) groups is 3. The van der Waals surface area contributed by atoms with Crippen molar-refractivity contribution in [2.24, 2.45) is 10.9 Å². The zero-order valence-electron chi connectivity index (χ0n) is 31.0. The molecule has 3 aromatic heterocycles. The summed E-state index contributed by atoms with van der Waals surface area (Å²) in [6.07, 6.45) is 15.0. The van der Waals surface area contributed by atoms with Crippen molar-refractivity contribution < 1.29 is 19.1 Å². The second-order valence-electron chi connectivity index (χ2n) is 14.7. The number of piperidine rings is 1. The Bertz CT molecular complexity index is 2250. The molecule has 1 atom stereocenters. The molecule has 14 heteroatoms. The first-order chi connectivity index (χ1) is 26.8. The number of aliphatic imine (C=N–C) groups is 1. The Balaban J connectivity index is 0.824. The van der Waals surface area contributed by atoms with Crippen molar-refractivity contribution in [3.8, 4) is 5.75 Å². The van der Waals surface area contributed by atoms with Crippen molar-refractivity contribution in [2.75, 3.05) is 55.8 Å². The molecule has 2 aromatic carbocycles. The lowest BCUT2D eigenvalue weighted by molar-refractivity contribution is -0.134. The van der Waals surface area contributed by atoms with Crippen LogP contribution in [0, 0.1) is 5.92 Å². The molecule has 8 rings (SSSR count). The number of hydrogen-bond acceptors (Lipinski definition) is 11. The Morgan fingerprint density at radius 1 is 1.02 bits per heavy atom. The minimum Gasteiger partial charge on any atom is -0.496 e. The normalized spacial score (nSPS) is 21.0. The Hall–Kier alpha value is -5.89. The van der Waals surface area contributed by atoms with Gasteiger partial charge in [-0.1, -0.05) is 12.1 Å². The first-order valence-corrected chi connectivity index (χ1v) is 19.1. The highest BCUT2D eigenvalue weighted by Crippen LogP contribution is 2.35. The summed E-state index contributed by atoms with van der Waals surface area (Å²) in [5.41, 5.74) is 10.6. The standard InChI is InChI=1S/C41H46N10O4/c1-55-36-21-34(42)27(20-31(36)41(54)47-38-25-45-37-6-3-14-46-51(37)38)22-44-28-9-7-26(8-10-28)13-15-49-16-18-50(19-17-49)35-5-2-4-29-32(23-43-24-33(29)35)30-11-12-39(52)48-40(30)53/h2-6,14,20-26,28,30H,7-13,15-19,42H2,1H3,(H,47,54)(H,48,52,53). The van der Waals surface area contributed by atoms with Gasteiger partial charge in [0.15, 0.2) is 11.5 Å². The number of amides is 3. The van der Waals surface area contributed by atoms with E-state index in [2.05, 4.69) is 53.7 Å². The average molecular weight is 743 g/mol. The second-order valence-corrected chi connectivity index (χ2v) is 14.7. The number of imidazole rings is 1. The molecule has 2 saturated heterocycles. The van der Waals surface area contributed by atoms with Crippen molar-refractivity contribution in [2.45, 2.75) is 56.9 Å². The van der Waals surface area contributed by atoms with Crippen molar-refractivity contribution in [1.82, 2.24) is 29.8 Å². The smallest absolute Gasteiger partial charge is 0.260 e. The largest absolute Gasteiger partial charge is 0.496 e. The van der Waals surface area contributed by atoms with E-state index in [4.69, 9.17) is 15.5 Å². The van der Waals surface area contributed by atoms with Crippen molar-refractivity contribution >= 4 is 57.5 Å². The number of nitrogens with two attached hydrogens (primary N) is 1. The highest BCUT2D eigenvalue weighted by molar-refractivity contribution is 6.08. The highest BCUT2D eigenvalue weighted by atomic mass is 16.5. The van der Waals surface area contributed by atoms with Gasteiger partial charge in [-0.3, -0.25) is 34.6 Å². The Morgan fingerprint density at radius 2 is 1.85 bits per heavy atom. The maximum absolute atomic E-state index is 13.4. The van der Waals surface area contributed by atoms with Gasteiger partial charge in [-0.15, -0.1) is 0 Å². The topological polar surface area (TPSA) is 172 Å². The fourth-order valence-electron chi connectivity index (χ4n) is 8.26. The lowest BCUT2D eigenvalue weighted by atomic mass is 9.84. The van der Waals surface area contributed by atoms with Crippen LogP contribution in [0.3, 0.4) is 0 Å². The predicted molar refractivity (Wildman–Crippen MR) is 212 cm³/mol. The summed E-state index contributed by atoms with van der Waals surface area (Å²) < 4.78 is 7.07. The predicted octanol–water partition coefficient (Wildman–Crippen LogP) is 4.83. The van der Waals surface area contributed by atoms with Gasteiger partial charge in [0.1, 0.15) is 5.75 Å².